The van der Waals surface area contributed by atoms with E-state index >= 15 is 0 Å². The Morgan fingerprint density at radius 3 is 2.25 bits per heavy atom. The van der Waals surface area contributed by atoms with Crippen molar-refractivity contribution in [2.24, 2.45) is 0 Å². The predicted molar refractivity (Wildman–Crippen MR) is 36.3 cm³/mol. The first kappa shape index (κ1) is 7.97. The number of rotatable bonds is 0. The highest BCUT2D eigenvalue weighted by Crippen LogP contribution is 2.06. The summed E-state index contributed by atoms with van der Waals surface area (Å²) < 4.78 is 0. The van der Waals surface area contributed by atoms with Crippen molar-refractivity contribution in [1.29, 1.82) is 0 Å². The maximum atomic E-state index is 10.1. The van der Waals surface area contributed by atoms with Gasteiger partial charge in [-0.1, -0.05) is 11.8 Å². The summed E-state index contributed by atoms with van der Waals surface area (Å²) in [7, 11) is 0. The monoisotopic (exact) mass is 197 g/mol. The van der Waals surface area contributed by atoms with Crippen LogP contribution in [-0.4, -0.2) is 16.9 Å². The van der Waals surface area contributed by atoms with Gasteiger partial charge in [-0.3, -0.25) is 14.9 Å². The van der Waals surface area contributed by atoms with Crippen LogP contribution in [0, 0.1) is 0 Å². The van der Waals surface area contributed by atoms with Crippen molar-refractivity contribution in [1.82, 2.24) is 5.32 Å². The highest BCUT2D eigenvalue weighted by Gasteiger charge is 2.16. The molecule has 0 spiro atoms. The summed E-state index contributed by atoms with van der Waals surface area (Å²) in [5.41, 5.74) is 0. The summed E-state index contributed by atoms with van der Waals surface area (Å²) in [6.07, 6.45) is 0. The third kappa shape index (κ3) is 1.83. The van der Waals surface area contributed by atoms with Crippen molar-refractivity contribution in [3.05, 3.63) is 0 Å². The van der Waals surface area contributed by atoms with Gasteiger partial charge in [0, 0.05) is 0 Å². The van der Waals surface area contributed by atoms with Gasteiger partial charge in [0.05, 0.1) is 5.75 Å². The maximum absolute atomic E-state index is 10.1. The van der Waals surface area contributed by atoms with E-state index in [4.69, 9.17) is 0 Å². The SMILES string of the molecule is Br.O=C1CSC(=O)N1. The van der Waals surface area contributed by atoms with Gasteiger partial charge in [0.2, 0.25) is 5.91 Å². The molecule has 1 fully saturated rings. The van der Waals surface area contributed by atoms with E-state index in [0.717, 1.165) is 11.8 Å². The second-order valence-corrected chi connectivity index (χ2v) is 2.07. The average molecular weight is 198 g/mol. The van der Waals surface area contributed by atoms with Crippen molar-refractivity contribution >= 4 is 39.9 Å². The van der Waals surface area contributed by atoms with Gasteiger partial charge in [0.15, 0.2) is 0 Å². The molecule has 1 N–H and O–H groups in total. The van der Waals surface area contributed by atoms with Crippen LogP contribution in [0.25, 0.3) is 0 Å². The third-order valence-corrected chi connectivity index (χ3v) is 1.35. The summed E-state index contributed by atoms with van der Waals surface area (Å²) in [4.78, 5) is 20.2. The fraction of sp³-hybridized carbons (Fsp3) is 0.333. The molecule has 8 heavy (non-hydrogen) atoms. The van der Waals surface area contributed by atoms with Crippen LogP contribution < -0.4 is 5.32 Å². The Bertz CT molecular complexity index is 112. The Kier molecular flexibility index (Phi) is 3.08. The molecule has 0 aromatic heterocycles. The summed E-state index contributed by atoms with van der Waals surface area (Å²) in [5.74, 6) is 0.105. The lowest BCUT2D eigenvalue weighted by Gasteiger charge is -1.77. The lowest BCUT2D eigenvalue weighted by molar-refractivity contribution is -0.117. The molecule has 46 valence electrons. The zero-order chi connectivity index (χ0) is 5.28. The minimum atomic E-state index is -0.231. The molecular formula is C3H4BrNO2S. The Morgan fingerprint density at radius 1 is 1.50 bits per heavy atom. The van der Waals surface area contributed by atoms with E-state index in [9.17, 15) is 9.59 Å². The van der Waals surface area contributed by atoms with Crippen LogP contribution in [0.4, 0.5) is 4.79 Å². The smallest absolute Gasteiger partial charge is 0.286 e. The van der Waals surface area contributed by atoms with Crippen LogP contribution in [-0.2, 0) is 4.79 Å². The molecule has 0 atom stereocenters. The van der Waals surface area contributed by atoms with E-state index in [1.807, 2.05) is 0 Å². The Labute approximate surface area is 61.0 Å². The second kappa shape index (κ2) is 3.09. The molecular weight excluding hydrogens is 194 g/mol. The summed E-state index contributed by atoms with van der Waals surface area (Å²) in [5, 5.41) is 1.87. The highest BCUT2D eigenvalue weighted by molar-refractivity contribution is 8.93. The predicted octanol–water partition coefficient (Wildman–Crippen LogP) is 0.547. The molecule has 5 heteroatoms. The lowest BCUT2D eigenvalue weighted by Crippen LogP contribution is -2.18. The lowest BCUT2D eigenvalue weighted by atomic mass is 10.7. The van der Waals surface area contributed by atoms with Gasteiger partial charge in [-0.25, -0.2) is 0 Å². The van der Waals surface area contributed by atoms with Crippen molar-refractivity contribution in [3.8, 4) is 0 Å². The van der Waals surface area contributed by atoms with E-state index in [2.05, 4.69) is 5.32 Å². The number of imide groups is 1. The first-order valence-electron chi connectivity index (χ1n) is 1.75. The highest BCUT2D eigenvalue weighted by atomic mass is 79.9. The van der Waals surface area contributed by atoms with Crippen LogP contribution in [0.3, 0.4) is 0 Å². The third-order valence-electron chi connectivity index (χ3n) is 0.576. The van der Waals surface area contributed by atoms with E-state index in [1.54, 1.807) is 0 Å². The van der Waals surface area contributed by atoms with Gasteiger partial charge in [-0.2, -0.15) is 0 Å². The van der Waals surface area contributed by atoms with E-state index in [1.165, 1.54) is 0 Å². The summed E-state index contributed by atoms with van der Waals surface area (Å²) in [6.45, 7) is 0. The summed E-state index contributed by atoms with van der Waals surface area (Å²) >= 11 is 1.01. The molecule has 0 bridgehead atoms. The minimum absolute atomic E-state index is 0. The minimum Gasteiger partial charge on any atom is -0.286 e. The van der Waals surface area contributed by atoms with E-state index in [-0.39, 0.29) is 28.1 Å². The number of amides is 2. The molecule has 1 saturated heterocycles. The largest absolute Gasteiger partial charge is 0.286 e. The molecule has 0 aromatic rings. The van der Waals surface area contributed by atoms with Gasteiger partial charge in [-0.05, 0) is 0 Å². The number of halogens is 1. The quantitative estimate of drug-likeness (QED) is 0.618. The first-order valence-corrected chi connectivity index (χ1v) is 2.74. The fourth-order valence-electron chi connectivity index (χ4n) is 0.317. The molecule has 0 unspecified atom stereocenters. The molecule has 0 aliphatic carbocycles. The molecule has 1 aliphatic rings. The molecule has 1 rings (SSSR count). The number of thioether (sulfide) groups is 1. The number of nitrogens with one attached hydrogen (secondary N) is 1. The Hall–Kier alpha value is -0.0300. The number of carbonyl (C=O) groups is 2. The normalized spacial score (nSPS) is 17.5. The maximum Gasteiger partial charge on any atom is 0.286 e. The van der Waals surface area contributed by atoms with Gasteiger partial charge in [-0.15, -0.1) is 17.0 Å². The van der Waals surface area contributed by atoms with Gasteiger partial charge in [0.1, 0.15) is 0 Å². The molecule has 1 heterocycles. The molecule has 1 aliphatic heterocycles. The van der Waals surface area contributed by atoms with Gasteiger partial charge in [0.25, 0.3) is 5.24 Å². The Balaban J connectivity index is 0.000000490. The van der Waals surface area contributed by atoms with Gasteiger partial charge < -0.3 is 0 Å². The molecule has 0 radical (unpaired) electrons. The Morgan fingerprint density at radius 2 is 2.12 bits per heavy atom. The first-order chi connectivity index (χ1) is 3.29. The average Bonchev–Trinajstić information content (AvgIpc) is 1.87. The number of carbonyl (C=O) groups excluding carboxylic acids is 2. The van der Waals surface area contributed by atoms with Gasteiger partial charge >= 0.3 is 0 Å². The second-order valence-electron chi connectivity index (χ2n) is 1.12. The van der Waals surface area contributed by atoms with Crippen LogP contribution in [0.1, 0.15) is 0 Å². The zero-order valence-corrected chi connectivity index (χ0v) is 6.37. The standard InChI is InChI=1S/C3H3NO2S.BrH/c5-2-1-7-3(6)4-2;/h1H2,(H,4,5,6);1H. The van der Waals surface area contributed by atoms with Crippen LogP contribution in [0.15, 0.2) is 0 Å². The van der Waals surface area contributed by atoms with E-state index in [0.29, 0.717) is 5.75 Å². The van der Waals surface area contributed by atoms with Crippen molar-refractivity contribution < 1.29 is 9.59 Å². The van der Waals surface area contributed by atoms with Crippen molar-refractivity contribution in [2.45, 2.75) is 0 Å². The number of hydrogen-bond donors (Lipinski definition) is 1. The topological polar surface area (TPSA) is 46.2 Å². The van der Waals surface area contributed by atoms with Crippen LogP contribution in [0.2, 0.25) is 0 Å². The molecule has 3 nitrogen and oxygen atoms in total. The van der Waals surface area contributed by atoms with Crippen molar-refractivity contribution in [2.75, 3.05) is 5.75 Å². The van der Waals surface area contributed by atoms with Crippen LogP contribution in [0.5, 0.6) is 0 Å². The zero-order valence-electron chi connectivity index (χ0n) is 3.84. The molecule has 0 saturated carbocycles. The van der Waals surface area contributed by atoms with E-state index < -0.39 is 0 Å². The van der Waals surface area contributed by atoms with Crippen LogP contribution >= 0.6 is 28.7 Å². The molecule has 0 aromatic carbocycles. The number of hydrogen-bond acceptors (Lipinski definition) is 3. The summed E-state index contributed by atoms with van der Waals surface area (Å²) in [6, 6.07) is 0. The molecule has 2 amide bonds. The fourth-order valence-corrected chi connectivity index (χ4v) is 0.837. The van der Waals surface area contributed by atoms with Crippen molar-refractivity contribution in [3.63, 3.8) is 0 Å².